The minimum atomic E-state index is 0.342. The molecule has 0 saturated heterocycles. The summed E-state index contributed by atoms with van der Waals surface area (Å²) in [6.45, 7) is 7.60. The molecular weight excluding hydrogens is 190 g/mol. The molecule has 0 aromatic rings. The topological polar surface area (TPSA) is 30.5 Å². The molecule has 0 bridgehead atoms. The highest BCUT2D eigenvalue weighted by atomic mass is 16.5. The first-order valence-corrected chi connectivity index (χ1v) is 6.19. The Morgan fingerprint density at radius 3 is 2.47 bits per heavy atom. The van der Waals surface area contributed by atoms with Crippen LogP contribution in [0.2, 0.25) is 0 Å². The van der Waals surface area contributed by atoms with Crippen molar-refractivity contribution < 1.29 is 9.47 Å². The SMILES string of the molecule is CCCCOCCOC(CCC)CNC. The van der Waals surface area contributed by atoms with Gasteiger partial charge in [0.2, 0.25) is 0 Å². The van der Waals surface area contributed by atoms with Gasteiger partial charge in [-0.1, -0.05) is 26.7 Å². The average Bonchev–Trinajstić information content (AvgIpc) is 2.24. The summed E-state index contributed by atoms with van der Waals surface area (Å²) in [6.07, 6.45) is 4.97. The Morgan fingerprint density at radius 2 is 1.87 bits per heavy atom. The van der Waals surface area contributed by atoms with Gasteiger partial charge in [-0.15, -0.1) is 0 Å². The van der Waals surface area contributed by atoms with E-state index in [1.807, 2.05) is 7.05 Å². The summed E-state index contributed by atoms with van der Waals surface area (Å²) in [6, 6.07) is 0. The van der Waals surface area contributed by atoms with Crippen molar-refractivity contribution in [1.29, 1.82) is 0 Å². The third-order valence-electron chi connectivity index (χ3n) is 2.27. The number of rotatable bonds is 11. The van der Waals surface area contributed by atoms with Crippen LogP contribution in [0.5, 0.6) is 0 Å². The molecule has 3 heteroatoms. The van der Waals surface area contributed by atoms with Crippen molar-refractivity contribution in [2.45, 2.75) is 45.6 Å². The fourth-order valence-corrected chi connectivity index (χ4v) is 1.42. The second kappa shape index (κ2) is 12.0. The molecule has 0 aromatic carbocycles. The third-order valence-corrected chi connectivity index (χ3v) is 2.27. The predicted octanol–water partition coefficient (Wildman–Crippen LogP) is 2.21. The molecule has 0 radical (unpaired) electrons. The Labute approximate surface area is 94.5 Å². The molecule has 0 spiro atoms. The summed E-state index contributed by atoms with van der Waals surface area (Å²) < 4.78 is 11.2. The van der Waals surface area contributed by atoms with Crippen molar-refractivity contribution in [2.24, 2.45) is 0 Å². The predicted molar refractivity (Wildman–Crippen MR) is 64.3 cm³/mol. The lowest BCUT2D eigenvalue weighted by molar-refractivity contribution is 0.00185. The number of likely N-dealkylation sites (N-methyl/N-ethyl adjacent to an activating group) is 1. The molecule has 15 heavy (non-hydrogen) atoms. The van der Waals surface area contributed by atoms with Crippen molar-refractivity contribution in [3.05, 3.63) is 0 Å². The third kappa shape index (κ3) is 10.2. The van der Waals surface area contributed by atoms with Crippen molar-refractivity contribution in [3.63, 3.8) is 0 Å². The molecule has 0 saturated carbocycles. The monoisotopic (exact) mass is 217 g/mol. The Kier molecular flexibility index (Phi) is 11.9. The number of unbranched alkanes of at least 4 members (excludes halogenated alkanes) is 1. The highest BCUT2D eigenvalue weighted by Gasteiger charge is 2.05. The van der Waals surface area contributed by atoms with E-state index in [1.54, 1.807) is 0 Å². The van der Waals surface area contributed by atoms with Gasteiger partial charge in [0, 0.05) is 13.2 Å². The molecule has 0 aliphatic carbocycles. The van der Waals surface area contributed by atoms with Gasteiger partial charge >= 0.3 is 0 Å². The smallest absolute Gasteiger partial charge is 0.0704 e. The molecule has 0 aromatic heterocycles. The van der Waals surface area contributed by atoms with Crippen LogP contribution in [0.3, 0.4) is 0 Å². The highest BCUT2D eigenvalue weighted by Crippen LogP contribution is 2.00. The number of nitrogens with one attached hydrogen (secondary N) is 1. The molecule has 1 atom stereocenters. The lowest BCUT2D eigenvalue weighted by atomic mass is 10.2. The summed E-state index contributed by atoms with van der Waals surface area (Å²) in [7, 11) is 1.96. The van der Waals surface area contributed by atoms with Crippen LogP contribution >= 0.6 is 0 Å². The van der Waals surface area contributed by atoms with Crippen molar-refractivity contribution >= 4 is 0 Å². The molecule has 0 fully saturated rings. The van der Waals surface area contributed by atoms with Gasteiger partial charge in [-0.25, -0.2) is 0 Å². The number of hydrogen-bond donors (Lipinski definition) is 1. The van der Waals surface area contributed by atoms with E-state index in [2.05, 4.69) is 19.2 Å². The minimum Gasteiger partial charge on any atom is -0.379 e. The second-order valence-corrected chi connectivity index (χ2v) is 3.81. The summed E-state index contributed by atoms with van der Waals surface area (Å²) in [5.74, 6) is 0. The standard InChI is InChI=1S/C12H27NO2/c1-4-6-8-14-9-10-15-12(7-5-2)11-13-3/h12-13H,4-11H2,1-3H3. The van der Waals surface area contributed by atoms with Gasteiger partial charge in [0.15, 0.2) is 0 Å². The maximum Gasteiger partial charge on any atom is 0.0704 e. The quantitative estimate of drug-likeness (QED) is 0.538. The molecule has 1 N–H and O–H groups in total. The lowest BCUT2D eigenvalue weighted by Crippen LogP contribution is -2.27. The van der Waals surface area contributed by atoms with Gasteiger partial charge in [-0.2, -0.15) is 0 Å². The molecule has 0 heterocycles. The van der Waals surface area contributed by atoms with Crippen LogP contribution in [0.4, 0.5) is 0 Å². The number of hydrogen-bond acceptors (Lipinski definition) is 3. The van der Waals surface area contributed by atoms with Crippen LogP contribution in [-0.4, -0.2) is 39.5 Å². The first-order chi connectivity index (χ1) is 7.35. The van der Waals surface area contributed by atoms with E-state index in [4.69, 9.17) is 9.47 Å². The second-order valence-electron chi connectivity index (χ2n) is 3.81. The normalized spacial score (nSPS) is 13.0. The van der Waals surface area contributed by atoms with E-state index in [9.17, 15) is 0 Å². The van der Waals surface area contributed by atoms with Crippen LogP contribution in [0.1, 0.15) is 39.5 Å². The fraction of sp³-hybridized carbons (Fsp3) is 1.00. The molecule has 0 aliphatic heterocycles. The van der Waals surface area contributed by atoms with E-state index in [0.717, 1.165) is 39.2 Å². The molecule has 3 nitrogen and oxygen atoms in total. The van der Waals surface area contributed by atoms with Gasteiger partial charge in [-0.05, 0) is 19.9 Å². The fourth-order valence-electron chi connectivity index (χ4n) is 1.42. The first kappa shape index (κ1) is 14.9. The summed E-state index contributed by atoms with van der Waals surface area (Å²) in [5.41, 5.74) is 0. The van der Waals surface area contributed by atoms with Crippen LogP contribution in [0.25, 0.3) is 0 Å². The summed E-state index contributed by atoms with van der Waals surface area (Å²) in [5, 5.41) is 3.15. The Hall–Kier alpha value is -0.120. The Bertz CT molecular complexity index is 114. The van der Waals surface area contributed by atoms with Crippen LogP contribution < -0.4 is 5.32 Å². The van der Waals surface area contributed by atoms with Crippen LogP contribution in [0.15, 0.2) is 0 Å². The van der Waals surface area contributed by atoms with Crippen molar-refractivity contribution in [2.75, 3.05) is 33.4 Å². The molecule has 92 valence electrons. The van der Waals surface area contributed by atoms with E-state index in [0.29, 0.717) is 6.10 Å². The average molecular weight is 217 g/mol. The maximum absolute atomic E-state index is 5.72. The zero-order valence-corrected chi connectivity index (χ0v) is 10.6. The Morgan fingerprint density at radius 1 is 1.07 bits per heavy atom. The van der Waals surface area contributed by atoms with Crippen molar-refractivity contribution in [3.8, 4) is 0 Å². The number of ether oxygens (including phenoxy) is 2. The largest absolute Gasteiger partial charge is 0.379 e. The first-order valence-electron chi connectivity index (χ1n) is 6.19. The molecular formula is C12H27NO2. The van der Waals surface area contributed by atoms with Gasteiger partial charge in [0.1, 0.15) is 0 Å². The van der Waals surface area contributed by atoms with E-state index in [1.165, 1.54) is 12.8 Å². The van der Waals surface area contributed by atoms with Gasteiger partial charge in [0.25, 0.3) is 0 Å². The molecule has 0 amide bonds. The van der Waals surface area contributed by atoms with Crippen LogP contribution in [0, 0.1) is 0 Å². The summed E-state index contributed by atoms with van der Waals surface area (Å²) in [4.78, 5) is 0. The van der Waals surface area contributed by atoms with E-state index >= 15 is 0 Å². The molecule has 1 unspecified atom stereocenters. The lowest BCUT2D eigenvalue weighted by Gasteiger charge is -2.16. The molecule has 0 rings (SSSR count). The Balaban J connectivity index is 3.28. The van der Waals surface area contributed by atoms with Gasteiger partial charge in [-0.3, -0.25) is 0 Å². The van der Waals surface area contributed by atoms with Crippen molar-refractivity contribution in [1.82, 2.24) is 5.32 Å². The van der Waals surface area contributed by atoms with E-state index in [-0.39, 0.29) is 0 Å². The molecule has 0 aliphatic rings. The summed E-state index contributed by atoms with van der Waals surface area (Å²) >= 11 is 0. The minimum absolute atomic E-state index is 0.342. The van der Waals surface area contributed by atoms with Gasteiger partial charge < -0.3 is 14.8 Å². The van der Waals surface area contributed by atoms with Gasteiger partial charge in [0.05, 0.1) is 19.3 Å². The maximum atomic E-state index is 5.72. The highest BCUT2D eigenvalue weighted by molar-refractivity contribution is 4.59. The van der Waals surface area contributed by atoms with Crippen LogP contribution in [-0.2, 0) is 9.47 Å². The zero-order valence-electron chi connectivity index (χ0n) is 10.6. The van der Waals surface area contributed by atoms with E-state index < -0.39 is 0 Å². The zero-order chi connectivity index (χ0) is 11.4.